The summed E-state index contributed by atoms with van der Waals surface area (Å²) in [4.78, 5) is 25.5. The van der Waals surface area contributed by atoms with E-state index in [1.165, 1.54) is 4.90 Å². The summed E-state index contributed by atoms with van der Waals surface area (Å²) in [6, 6.07) is 0. The number of hydrogen-bond donors (Lipinski definition) is 1. The van der Waals surface area contributed by atoms with E-state index in [0.29, 0.717) is 12.3 Å². The van der Waals surface area contributed by atoms with E-state index in [9.17, 15) is 14.7 Å². The molecule has 1 aliphatic carbocycles. The molecule has 0 aromatic heterocycles. The predicted octanol–water partition coefficient (Wildman–Crippen LogP) is 1.18. The van der Waals surface area contributed by atoms with Crippen molar-refractivity contribution in [3.05, 3.63) is 0 Å². The van der Waals surface area contributed by atoms with Crippen molar-refractivity contribution < 1.29 is 14.7 Å². The molecule has 1 saturated carbocycles. The maximum atomic E-state index is 12.1. The third kappa shape index (κ3) is 2.10. The lowest BCUT2D eigenvalue weighted by atomic mass is 10.00. The number of carbonyl (C=O) groups is 2. The van der Waals surface area contributed by atoms with Crippen LogP contribution < -0.4 is 0 Å². The number of rotatable bonds is 3. The summed E-state index contributed by atoms with van der Waals surface area (Å²) >= 11 is 0. The van der Waals surface area contributed by atoms with E-state index in [1.807, 2.05) is 6.92 Å². The second-order valence-corrected chi connectivity index (χ2v) is 5.90. The normalized spacial score (nSPS) is 36.2. The van der Waals surface area contributed by atoms with Crippen LogP contribution in [-0.2, 0) is 9.59 Å². The molecule has 1 aliphatic heterocycles. The Morgan fingerprint density at radius 1 is 1.29 bits per heavy atom. The number of β-amino-alcohol motifs (C(OH)–C–C–N with tert-alkyl or cyclic N) is 1. The highest BCUT2D eigenvalue weighted by Crippen LogP contribution is 2.43. The van der Waals surface area contributed by atoms with Gasteiger partial charge in [0, 0.05) is 0 Å². The summed E-state index contributed by atoms with van der Waals surface area (Å²) in [7, 11) is 0. The summed E-state index contributed by atoms with van der Waals surface area (Å²) in [6.07, 6.45) is 2.18. The number of amides is 2. The van der Waals surface area contributed by atoms with Gasteiger partial charge in [0.1, 0.15) is 0 Å². The van der Waals surface area contributed by atoms with Crippen LogP contribution in [0.15, 0.2) is 0 Å². The Hall–Kier alpha value is -0.900. The van der Waals surface area contributed by atoms with E-state index < -0.39 is 5.60 Å². The van der Waals surface area contributed by atoms with E-state index in [0.717, 1.165) is 12.8 Å². The average Bonchev–Trinajstić information content (AvgIpc) is 2.73. The number of likely N-dealkylation sites (tertiary alicyclic amines) is 1. The fourth-order valence-corrected chi connectivity index (χ4v) is 2.95. The van der Waals surface area contributed by atoms with Crippen LogP contribution in [0.5, 0.6) is 0 Å². The number of carbonyl (C=O) groups excluding carboxylic acids is 2. The molecule has 2 amide bonds. The second kappa shape index (κ2) is 4.09. The van der Waals surface area contributed by atoms with Crippen molar-refractivity contribution in [2.75, 3.05) is 6.54 Å². The lowest BCUT2D eigenvalue weighted by molar-refractivity contribution is -0.144. The van der Waals surface area contributed by atoms with E-state index in [1.54, 1.807) is 6.92 Å². The summed E-state index contributed by atoms with van der Waals surface area (Å²) in [6.45, 7) is 5.76. The molecule has 0 aromatic carbocycles. The first-order valence-corrected chi connectivity index (χ1v) is 6.43. The third-order valence-corrected chi connectivity index (χ3v) is 4.23. The number of aliphatic hydroxyl groups is 1. The zero-order chi connectivity index (χ0) is 12.8. The van der Waals surface area contributed by atoms with Gasteiger partial charge in [-0.2, -0.15) is 0 Å². The summed E-state index contributed by atoms with van der Waals surface area (Å²) in [5.74, 6) is 0.0817. The zero-order valence-electron chi connectivity index (χ0n) is 10.8. The molecule has 2 fully saturated rings. The first-order chi connectivity index (χ1) is 7.85. The quantitative estimate of drug-likeness (QED) is 0.752. The van der Waals surface area contributed by atoms with Crippen molar-refractivity contribution in [3.63, 3.8) is 0 Å². The molecule has 17 heavy (non-hydrogen) atoms. The van der Waals surface area contributed by atoms with Crippen LogP contribution in [0.4, 0.5) is 0 Å². The Balaban J connectivity index is 2.12. The van der Waals surface area contributed by atoms with Gasteiger partial charge in [-0.3, -0.25) is 14.5 Å². The fourth-order valence-electron chi connectivity index (χ4n) is 2.95. The highest BCUT2D eigenvalue weighted by Gasteiger charge is 2.52. The molecule has 1 N–H and O–H groups in total. The van der Waals surface area contributed by atoms with Crippen molar-refractivity contribution in [2.24, 2.45) is 17.8 Å². The molecule has 96 valence electrons. The zero-order valence-corrected chi connectivity index (χ0v) is 10.8. The van der Waals surface area contributed by atoms with Crippen LogP contribution in [0, 0.1) is 17.8 Å². The van der Waals surface area contributed by atoms with Gasteiger partial charge in [-0.1, -0.05) is 13.8 Å². The van der Waals surface area contributed by atoms with E-state index in [2.05, 4.69) is 6.92 Å². The van der Waals surface area contributed by atoms with Crippen LogP contribution in [0.25, 0.3) is 0 Å². The molecule has 3 unspecified atom stereocenters. The first-order valence-electron chi connectivity index (χ1n) is 6.43. The maximum absolute atomic E-state index is 12.1. The Labute approximate surface area is 102 Å². The van der Waals surface area contributed by atoms with Gasteiger partial charge in [-0.25, -0.2) is 0 Å². The van der Waals surface area contributed by atoms with Gasteiger partial charge >= 0.3 is 0 Å². The molecule has 2 aliphatic rings. The van der Waals surface area contributed by atoms with E-state index in [4.69, 9.17) is 0 Å². The minimum atomic E-state index is -0.963. The first kappa shape index (κ1) is 12.6. The Morgan fingerprint density at radius 3 is 2.18 bits per heavy atom. The number of hydrogen-bond acceptors (Lipinski definition) is 3. The van der Waals surface area contributed by atoms with Crippen molar-refractivity contribution >= 4 is 11.8 Å². The van der Waals surface area contributed by atoms with Gasteiger partial charge < -0.3 is 5.11 Å². The molecule has 0 aromatic rings. The standard InChI is InChI=1S/C13H21NO3/c1-4-13(3,17)7-14-11(15)9-5-8(2)6-10(9)12(14)16/h8-10,17H,4-7H2,1-3H3. The van der Waals surface area contributed by atoms with E-state index >= 15 is 0 Å². The predicted molar refractivity (Wildman–Crippen MR) is 63.0 cm³/mol. The molecule has 4 heteroatoms. The van der Waals surface area contributed by atoms with Crippen LogP contribution in [0.1, 0.15) is 40.0 Å². The molecular formula is C13H21NO3. The smallest absolute Gasteiger partial charge is 0.233 e. The van der Waals surface area contributed by atoms with Gasteiger partial charge in [0.15, 0.2) is 0 Å². The van der Waals surface area contributed by atoms with Crippen LogP contribution in [0.2, 0.25) is 0 Å². The summed E-state index contributed by atoms with van der Waals surface area (Å²) in [5.41, 5.74) is -0.963. The Kier molecular flexibility index (Phi) is 3.02. The number of fused-ring (bicyclic) bond motifs is 1. The van der Waals surface area contributed by atoms with Crippen molar-refractivity contribution in [1.29, 1.82) is 0 Å². The van der Waals surface area contributed by atoms with Crippen molar-refractivity contribution in [3.8, 4) is 0 Å². The van der Waals surface area contributed by atoms with Gasteiger partial charge in [-0.15, -0.1) is 0 Å². The summed E-state index contributed by atoms with van der Waals surface area (Å²) < 4.78 is 0. The Morgan fingerprint density at radius 2 is 1.76 bits per heavy atom. The molecule has 4 nitrogen and oxygen atoms in total. The SMILES string of the molecule is CCC(C)(O)CN1C(=O)C2CC(C)CC2C1=O. The average molecular weight is 239 g/mol. The monoisotopic (exact) mass is 239 g/mol. The second-order valence-electron chi connectivity index (χ2n) is 5.90. The highest BCUT2D eigenvalue weighted by atomic mass is 16.3. The van der Waals surface area contributed by atoms with Gasteiger partial charge in [0.05, 0.1) is 24.0 Å². The molecule has 1 heterocycles. The van der Waals surface area contributed by atoms with Gasteiger partial charge in [0.25, 0.3) is 0 Å². The number of nitrogens with zero attached hydrogens (tertiary/aromatic N) is 1. The lowest BCUT2D eigenvalue weighted by Gasteiger charge is -2.27. The molecule has 0 radical (unpaired) electrons. The minimum Gasteiger partial charge on any atom is -0.388 e. The lowest BCUT2D eigenvalue weighted by Crippen LogP contribution is -2.44. The molecule has 0 spiro atoms. The minimum absolute atomic E-state index is 0.0712. The van der Waals surface area contributed by atoms with Crippen LogP contribution >= 0.6 is 0 Å². The fraction of sp³-hybridized carbons (Fsp3) is 0.846. The molecule has 2 rings (SSSR count). The van der Waals surface area contributed by atoms with Gasteiger partial charge in [0.2, 0.25) is 11.8 Å². The highest BCUT2D eigenvalue weighted by molar-refractivity contribution is 6.05. The van der Waals surface area contributed by atoms with Gasteiger partial charge in [-0.05, 0) is 32.1 Å². The topological polar surface area (TPSA) is 57.6 Å². The largest absolute Gasteiger partial charge is 0.388 e. The summed E-state index contributed by atoms with van der Waals surface area (Å²) in [5, 5.41) is 9.99. The maximum Gasteiger partial charge on any atom is 0.233 e. The van der Waals surface area contributed by atoms with Crippen molar-refractivity contribution in [2.45, 2.75) is 45.6 Å². The molecule has 0 bridgehead atoms. The third-order valence-electron chi connectivity index (χ3n) is 4.23. The van der Waals surface area contributed by atoms with Crippen molar-refractivity contribution in [1.82, 2.24) is 4.90 Å². The molecular weight excluding hydrogens is 218 g/mol. The van der Waals surface area contributed by atoms with Crippen LogP contribution in [-0.4, -0.2) is 34.0 Å². The van der Waals surface area contributed by atoms with E-state index in [-0.39, 0.29) is 30.2 Å². The molecule has 3 atom stereocenters. The number of imide groups is 1. The Bertz CT molecular complexity index is 327. The molecule has 1 saturated heterocycles. The van der Waals surface area contributed by atoms with Crippen LogP contribution in [0.3, 0.4) is 0 Å².